The van der Waals surface area contributed by atoms with E-state index in [2.05, 4.69) is 0 Å². The molecule has 0 aliphatic heterocycles. The molecule has 12 heteroatoms. The van der Waals surface area contributed by atoms with Gasteiger partial charge in [0.15, 0.2) is 0 Å². The van der Waals surface area contributed by atoms with Crippen molar-refractivity contribution in [1.29, 1.82) is 0 Å². The molecule has 2 bridgehead atoms. The maximum absolute atomic E-state index is 14.0. The highest BCUT2D eigenvalue weighted by Crippen LogP contribution is 2.57. The van der Waals surface area contributed by atoms with Gasteiger partial charge in [-0.2, -0.15) is 48.3 Å². The van der Waals surface area contributed by atoms with Crippen molar-refractivity contribution in [1.82, 2.24) is 0 Å². The normalized spacial score (nSPS) is 26.4. The molecule has 0 heterocycles. The molecule has 0 amide bonds. The third kappa shape index (κ3) is 5.29. The lowest BCUT2D eigenvalue weighted by Gasteiger charge is -2.38. The summed E-state index contributed by atoms with van der Waals surface area (Å²) in [5.74, 6) is -28.6. The SMILES string of the molecule is CCCCCCCCC1C2C=CC(C2)C1OCC(F)(F)C(F)(F)C(F)(F)C(F)(F)C(F)(F)F. The van der Waals surface area contributed by atoms with E-state index in [0.717, 1.165) is 32.1 Å². The Morgan fingerprint density at radius 3 is 1.82 bits per heavy atom. The summed E-state index contributed by atoms with van der Waals surface area (Å²) in [5, 5.41) is 0. The minimum atomic E-state index is -7.39. The first-order chi connectivity index (χ1) is 15.0. The Hall–Kier alpha value is -1.07. The van der Waals surface area contributed by atoms with Gasteiger partial charge in [-0.25, -0.2) is 0 Å². The van der Waals surface area contributed by atoms with Crippen molar-refractivity contribution >= 4 is 0 Å². The maximum atomic E-state index is 14.0. The monoisotopic (exact) mass is 504 g/mol. The molecule has 2 aliphatic rings. The molecule has 0 aromatic rings. The molecule has 0 N–H and O–H groups in total. The molecule has 4 unspecified atom stereocenters. The molecule has 0 spiro atoms. The first-order valence-electron chi connectivity index (χ1n) is 10.9. The second-order valence-corrected chi connectivity index (χ2v) is 8.87. The molecule has 33 heavy (non-hydrogen) atoms. The van der Waals surface area contributed by atoms with Crippen LogP contribution in [-0.4, -0.2) is 42.6 Å². The number of fused-ring (bicyclic) bond motifs is 2. The summed E-state index contributed by atoms with van der Waals surface area (Å²) in [7, 11) is 0. The molecule has 0 aromatic carbocycles. The van der Waals surface area contributed by atoms with Gasteiger partial charge in [0.1, 0.15) is 6.61 Å². The van der Waals surface area contributed by atoms with Crippen molar-refractivity contribution in [2.45, 2.75) is 94.3 Å². The lowest BCUT2D eigenvalue weighted by molar-refractivity contribution is -0.425. The van der Waals surface area contributed by atoms with Crippen molar-refractivity contribution in [2.24, 2.45) is 17.8 Å². The number of hydrogen-bond donors (Lipinski definition) is 0. The Balaban J connectivity index is 2.05. The lowest BCUT2D eigenvalue weighted by Crippen LogP contribution is -2.67. The zero-order valence-electron chi connectivity index (χ0n) is 17.9. The number of halogens is 11. The molecule has 4 atom stereocenters. The van der Waals surface area contributed by atoms with Gasteiger partial charge in [-0.3, -0.25) is 0 Å². The van der Waals surface area contributed by atoms with E-state index in [0.29, 0.717) is 19.3 Å². The number of unbranched alkanes of at least 4 members (excludes halogenated alkanes) is 5. The van der Waals surface area contributed by atoms with Gasteiger partial charge >= 0.3 is 29.9 Å². The van der Waals surface area contributed by atoms with Crippen molar-refractivity contribution in [3.63, 3.8) is 0 Å². The molecule has 1 nitrogen and oxygen atoms in total. The average molecular weight is 504 g/mol. The second kappa shape index (κ2) is 9.89. The lowest BCUT2D eigenvalue weighted by atomic mass is 9.86. The first kappa shape index (κ1) is 28.2. The minimum absolute atomic E-state index is 0.0826. The number of alkyl halides is 11. The molecular weight excluding hydrogens is 477 g/mol. The minimum Gasteiger partial charge on any atom is -0.371 e. The largest absolute Gasteiger partial charge is 0.460 e. The number of allylic oxidation sites excluding steroid dienone is 1. The number of ether oxygens (including phenoxy) is 1. The quantitative estimate of drug-likeness (QED) is 0.140. The van der Waals surface area contributed by atoms with E-state index < -0.39 is 48.5 Å². The highest BCUT2D eigenvalue weighted by atomic mass is 19.4. The smallest absolute Gasteiger partial charge is 0.371 e. The number of rotatable bonds is 13. The predicted octanol–water partition coefficient (Wildman–Crippen LogP) is 8.05. The molecule has 194 valence electrons. The Bertz CT molecular complexity index is 672. The van der Waals surface area contributed by atoms with E-state index in [1.165, 1.54) is 0 Å². The zero-order valence-corrected chi connectivity index (χ0v) is 17.9. The Kier molecular flexibility index (Phi) is 8.44. The van der Waals surface area contributed by atoms with E-state index in [-0.39, 0.29) is 11.8 Å². The third-order valence-electron chi connectivity index (χ3n) is 6.50. The summed E-state index contributed by atoms with van der Waals surface area (Å²) in [4.78, 5) is 0. The molecule has 0 radical (unpaired) electrons. The van der Waals surface area contributed by atoms with Gasteiger partial charge in [-0.1, -0.05) is 57.6 Å². The van der Waals surface area contributed by atoms with E-state index in [1.807, 2.05) is 13.0 Å². The van der Waals surface area contributed by atoms with Crippen molar-refractivity contribution in [2.75, 3.05) is 6.61 Å². The van der Waals surface area contributed by atoms with E-state index >= 15 is 0 Å². The van der Waals surface area contributed by atoms with E-state index in [4.69, 9.17) is 4.74 Å². The molecule has 1 saturated carbocycles. The molecule has 1 fully saturated rings. The molecular formula is C21H27F11O. The van der Waals surface area contributed by atoms with Crippen LogP contribution in [0.15, 0.2) is 12.2 Å². The van der Waals surface area contributed by atoms with Gasteiger partial charge in [-0.15, -0.1) is 0 Å². The Morgan fingerprint density at radius 1 is 0.697 bits per heavy atom. The van der Waals surface area contributed by atoms with Crippen molar-refractivity contribution in [3.05, 3.63) is 12.2 Å². The predicted molar refractivity (Wildman–Crippen MR) is 97.8 cm³/mol. The van der Waals surface area contributed by atoms with Crippen molar-refractivity contribution in [3.8, 4) is 0 Å². The third-order valence-corrected chi connectivity index (χ3v) is 6.50. The maximum Gasteiger partial charge on any atom is 0.460 e. The Morgan fingerprint density at radius 2 is 1.24 bits per heavy atom. The summed E-state index contributed by atoms with van der Waals surface area (Å²) < 4.78 is 150. The fourth-order valence-corrected chi connectivity index (χ4v) is 4.56. The zero-order chi connectivity index (χ0) is 25.3. The topological polar surface area (TPSA) is 9.23 Å². The fourth-order valence-electron chi connectivity index (χ4n) is 4.56. The second-order valence-electron chi connectivity index (χ2n) is 8.87. The highest BCUT2D eigenvalue weighted by molar-refractivity contribution is 5.15. The van der Waals surface area contributed by atoms with Crippen LogP contribution >= 0.6 is 0 Å². The summed E-state index contributed by atoms with van der Waals surface area (Å²) in [5.41, 5.74) is 0. The first-order valence-corrected chi connectivity index (χ1v) is 10.9. The standard InChI is InChI=1S/C21H27F11O/c1-2-3-4-5-6-7-8-15-13-9-10-14(11-13)16(15)33-12-17(22,23)18(24,25)19(26,27)20(28,29)21(30,31)32/h9-10,13-16H,2-8,11-12H2,1H3. The van der Waals surface area contributed by atoms with Gasteiger partial charge in [0.25, 0.3) is 0 Å². The van der Waals surface area contributed by atoms with Gasteiger partial charge in [0, 0.05) is 5.92 Å². The molecule has 0 saturated heterocycles. The highest BCUT2D eigenvalue weighted by Gasteiger charge is 2.87. The molecule has 2 rings (SSSR count). The van der Waals surface area contributed by atoms with E-state index in [1.54, 1.807) is 6.08 Å². The van der Waals surface area contributed by atoms with E-state index in [9.17, 15) is 48.3 Å². The molecule has 0 aromatic heterocycles. The van der Waals surface area contributed by atoms with Crippen LogP contribution in [-0.2, 0) is 4.74 Å². The van der Waals surface area contributed by atoms with Gasteiger partial charge in [-0.05, 0) is 24.7 Å². The van der Waals surface area contributed by atoms with Crippen molar-refractivity contribution < 1.29 is 53.0 Å². The van der Waals surface area contributed by atoms with Gasteiger partial charge in [0.05, 0.1) is 6.10 Å². The van der Waals surface area contributed by atoms with Crippen LogP contribution in [0.25, 0.3) is 0 Å². The van der Waals surface area contributed by atoms with Crippen LogP contribution in [0, 0.1) is 17.8 Å². The average Bonchev–Trinajstić information content (AvgIpc) is 3.29. The fraction of sp³-hybridized carbons (Fsp3) is 0.905. The van der Waals surface area contributed by atoms with Crippen LogP contribution in [0.2, 0.25) is 0 Å². The summed E-state index contributed by atoms with van der Waals surface area (Å²) in [6.07, 6.45) is 1.86. The van der Waals surface area contributed by atoms with Crippen LogP contribution in [0.4, 0.5) is 48.3 Å². The van der Waals surface area contributed by atoms with Crippen LogP contribution < -0.4 is 0 Å². The number of hydrogen-bond acceptors (Lipinski definition) is 1. The summed E-state index contributed by atoms with van der Waals surface area (Å²) >= 11 is 0. The van der Waals surface area contributed by atoms with Gasteiger partial charge in [0.2, 0.25) is 0 Å². The van der Waals surface area contributed by atoms with Crippen LogP contribution in [0.3, 0.4) is 0 Å². The summed E-state index contributed by atoms with van der Waals surface area (Å²) in [6.45, 7) is -0.360. The van der Waals surface area contributed by atoms with Gasteiger partial charge < -0.3 is 4.74 Å². The summed E-state index contributed by atoms with van der Waals surface area (Å²) in [6, 6.07) is 0. The van der Waals surface area contributed by atoms with Crippen LogP contribution in [0.5, 0.6) is 0 Å². The Labute approximate surface area is 184 Å². The van der Waals surface area contributed by atoms with Crippen LogP contribution in [0.1, 0.15) is 58.3 Å². The molecule has 2 aliphatic carbocycles.